The second-order valence-corrected chi connectivity index (χ2v) is 14.6. The van der Waals surface area contributed by atoms with Crippen molar-refractivity contribution in [1.29, 1.82) is 5.26 Å². The standard InChI is InChI=1S/C21H25BrNOPSi/c1-14-11-15(2)20(16(3)12-14)25-21(22)19(24-26(4,5)6)18-9-7-17(13-23)8-10-18/h7-12,19H,1-6H3. The van der Waals surface area contributed by atoms with Gasteiger partial charge in [0.2, 0.25) is 0 Å². The van der Waals surface area contributed by atoms with E-state index < -0.39 is 8.32 Å². The number of nitrogens with zero attached hydrogens (tertiary/aromatic N) is 1. The van der Waals surface area contributed by atoms with Gasteiger partial charge in [-0.25, -0.2) is 0 Å². The van der Waals surface area contributed by atoms with Gasteiger partial charge in [0.1, 0.15) is 6.10 Å². The lowest BCUT2D eigenvalue weighted by Crippen LogP contribution is -2.30. The van der Waals surface area contributed by atoms with Crippen LogP contribution in [0.2, 0.25) is 19.6 Å². The van der Waals surface area contributed by atoms with Crippen molar-refractivity contribution in [3.63, 3.8) is 0 Å². The zero-order valence-corrected chi connectivity index (χ0v) is 19.7. The van der Waals surface area contributed by atoms with Crippen LogP contribution in [0.4, 0.5) is 0 Å². The Balaban J connectivity index is 2.49. The molecule has 0 spiro atoms. The van der Waals surface area contributed by atoms with E-state index in [1.807, 2.05) is 24.3 Å². The minimum Gasteiger partial charge on any atom is -0.406 e. The smallest absolute Gasteiger partial charge is 0.185 e. The van der Waals surface area contributed by atoms with Gasteiger partial charge in [0.25, 0.3) is 0 Å². The Morgan fingerprint density at radius 1 is 1.08 bits per heavy atom. The molecule has 5 heteroatoms. The predicted octanol–water partition coefficient (Wildman–Crippen LogP) is 6.17. The second-order valence-electron chi connectivity index (χ2n) is 7.53. The lowest BCUT2D eigenvalue weighted by Gasteiger charge is -2.27. The number of rotatable bonds is 5. The molecule has 0 amide bonds. The van der Waals surface area contributed by atoms with E-state index in [9.17, 15) is 0 Å². The van der Waals surface area contributed by atoms with Gasteiger partial charge in [0.15, 0.2) is 8.32 Å². The molecular weight excluding hydrogens is 421 g/mol. The number of halogens is 1. The molecule has 2 aromatic rings. The van der Waals surface area contributed by atoms with Crippen molar-refractivity contribution in [2.75, 3.05) is 0 Å². The highest BCUT2D eigenvalue weighted by atomic mass is 79.9. The van der Waals surface area contributed by atoms with E-state index in [1.165, 1.54) is 22.0 Å². The fourth-order valence-electron chi connectivity index (χ4n) is 2.85. The molecule has 2 aromatic carbocycles. The summed E-state index contributed by atoms with van der Waals surface area (Å²) in [5.74, 6) is 0. The SMILES string of the molecule is Cc1cc(C)c(P=C(Br)C(O[Si](C)(C)C)c2ccc(C#N)cc2)c(C)c1. The van der Waals surface area contributed by atoms with Gasteiger partial charge >= 0.3 is 0 Å². The van der Waals surface area contributed by atoms with Crippen molar-refractivity contribution < 1.29 is 4.43 Å². The maximum atomic E-state index is 9.05. The van der Waals surface area contributed by atoms with Crippen LogP contribution in [0.3, 0.4) is 0 Å². The van der Waals surface area contributed by atoms with Crippen molar-refractivity contribution in [3.8, 4) is 6.07 Å². The minimum absolute atomic E-state index is 0.129. The molecular formula is C21H25BrNOPSi. The van der Waals surface area contributed by atoms with E-state index in [4.69, 9.17) is 9.69 Å². The topological polar surface area (TPSA) is 33.0 Å². The highest BCUT2D eigenvalue weighted by Gasteiger charge is 2.25. The average Bonchev–Trinajstić information content (AvgIpc) is 2.55. The predicted molar refractivity (Wildman–Crippen MR) is 119 cm³/mol. The summed E-state index contributed by atoms with van der Waals surface area (Å²) in [6.07, 6.45) is -0.129. The first-order valence-electron chi connectivity index (χ1n) is 8.60. The number of aryl methyl sites for hydroxylation is 3. The molecule has 0 aromatic heterocycles. The van der Waals surface area contributed by atoms with Crippen molar-refractivity contribution in [2.24, 2.45) is 0 Å². The van der Waals surface area contributed by atoms with Crippen LogP contribution in [0, 0.1) is 32.1 Å². The highest BCUT2D eigenvalue weighted by Crippen LogP contribution is 2.30. The zero-order chi connectivity index (χ0) is 19.5. The summed E-state index contributed by atoms with van der Waals surface area (Å²) in [4.78, 5) is 0. The molecule has 0 fully saturated rings. The van der Waals surface area contributed by atoms with E-state index >= 15 is 0 Å². The molecule has 0 aliphatic rings. The van der Waals surface area contributed by atoms with Gasteiger partial charge in [-0.3, -0.25) is 0 Å². The average molecular weight is 446 g/mol. The summed E-state index contributed by atoms with van der Waals surface area (Å²) in [5.41, 5.74) is 5.63. The van der Waals surface area contributed by atoms with E-state index in [1.54, 1.807) is 0 Å². The van der Waals surface area contributed by atoms with Crippen LogP contribution >= 0.6 is 24.1 Å². The summed E-state index contributed by atoms with van der Waals surface area (Å²) in [5, 5.41) is 10.4. The van der Waals surface area contributed by atoms with Gasteiger partial charge in [-0.2, -0.15) is 5.26 Å². The molecule has 0 radical (unpaired) electrons. The maximum Gasteiger partial charge on any atom is 0.185 e. The molecule has 0 aliphatic carbocycles. The molecule has 1 atom stereocenters. The van der Waals surface area contributed by atoms with E-state index in [0.717, 1.165) is 18.0 Å². The third kappa shape index (κ3) is 5.63. The third-order valence-corrected chi connectivity index (χ3v) is 7.15. The lowest BCUT2D eigenvalue weighted by molar-refractivity contribution is 0.272. The molecule has 26 heavy (non-hydrogen) atoms. The number of benzene rings is 2. The van der Waals surface area contributed by atoms with Gasteiger partial charge in [-0.1, -0.05) is 38.0 Å². The Bertz CT molecular complexity index is 840. The van der Waals surface area contributed by atoms with Gasteiger partial charge in [0, 0.05) is 5.30 Å². The lowest BCUT2D eigenvalue weighted by atomic mass is 10.1. The molecule has 0 N–H and O–H groups in total. The summed E-state index contributed by atoms with van der Waals surface area (Å²) in [7, 11) is -0.636. The summed E-state index contributed by atoms with van der Waals surface area (Å²) >= 11 is 3.83. The van der Waals surface area contributed by atoms with Crippen molar-refractivity contribution in [1.82, 2.24) is 0 Å². The molecule has 2 rings (SSSR count). The van der Waals surface area contributed by atoms with Gasteiger partial charge in [-0.05, 0) is 85.2 Å². The van der Waals surface area contributed by atoms with Crippen LogP contribution in [0.15, 0.2) is 36.4 Å². The Morgan fingerprint density at radius 3 is 2.08 bits per heavy atom. The van der Waals surface area contributed by atoms with Crippen LogP contribution in [0.25, 0.3) is 0 Å². The molecule has 2 nitrogen and oxygen atoms in total. The van der Waals surface area contributed by atoms with E-state index in [2.05, 4.69) is 74.5 Å². The first kappa shape index (κ1) is 21.1. The summed E-state index contributed by atoms with van der Waals surface area (Å²) in [6, 6.07) is 14.3. The minimum atomic E-state index is -1.76. The van der Waals surface area contributed by atoms with Crippen LogP contribution in [0.5, 0.6) is 0 Å². The first-order chi connectivity index (χ1) is 12.1. The monoisotopic (exact) mass is 445 g/mol. The first-order valence-corrected chi connectivity index (χ1v) is 13.7. The fourth-order valence-corrected chi connectivity index (χ4v) is 5.99. The molecule has 0 saturated heterocycles. The van der Waals surface area contributed by atoms with E-state index in [0.29, 0.717) is 5.56 Å². The molecule has 136 valence electrons. The Kier molecular flexibility index (Phi) is 6.99. The Labute approximate surface area is 168 Å². The molecule has 0 bridgehead atoms. The molecule has 1 unspecified atom stereocenters. The Hall–Kier alpha value is -1.24. The number of hydrogen-bond acceptors (Lipinski definition) is 2. The largest absolute Gasteiger partial charge is 0.406 e. The zero-order valence-electron chi connectivity index (χ0n) is 16.2. The fraction of sp³-hybridized carbons (Fsp3) is 0.333. The second kappa shape index (κ2) is 8.63. The quantitative estimate of drug-likeness (QED) is 0.406. The number of nitriles is 1. The summed E-state index contributed by atoms with van der Waals surface area (Å²) in [6.45, 7) is 13.1. The molecule has 0 heterocycles. The normalized spacial score (nSPS) is 13.4. The Morgan fingerprint density at radius 2 is 1.62 bits per heavy atom. The van der Waals surface area contributed by atoms with Crippen molar-refractivity contribution >= 4 is 42.0 Å². The van der Waals surface area contributed by atoms with Gasteiger partial charge in [0.05, 0.1) is 15.8 Å². The number of hydrogen-bond donors (Lipinski definition) is 0. The van der Waals surface area contributed by atoms with Crippen molar-refractivity contribution in [3.05, 3.63) is 64.2 Å². The van der Waals surface area contributed by atoms with E-state index in [-0.39, 0.29) is 6.10 Å². The van der Waals surface area contributed by atoms with Gasteiger partial charge in [-0.15, -0.1) is 0 Å². The van der Waals surface area contributed by atoms with Crippen LogP contribution in [-0.4, -0.2) is 12.5 Å². The summed E-state index contributed by atoms with van der Waals surface area (Å²) < 4.78 is 7.60. The van der Waals surface area contributed by atoms with Crippen LogP contribution in [-0.2, 0) is 4.43 Å². The maximum absolute atomic E-state index is 9.05. The molecule has 0 saturated carbocycles. The van der Waals surface area contributed by atoms with Crippen molar-refractivity contribution in [2.45, 2.75) is 46.5 Å². The van der Waals surface area contributed by atoms with Crippen LogP contribution in [0.1, 0.15) is 33.9 Å². The third-order valence-electron chi connectivity index (χ3n) is 3.88. The van der Waals surface area contributed by atoms with Crippen LogP contribution < -0.4 is 5.30 Å². The molecule has 0 aliphatic heterocycles. The highest BCUT2D eigenvalue weighted by molar-refractivity contribution is 9.19. The van der Waals surface area contributed by atoms with Gasteiger partial charge < -0.3 is 4.43 Å².